The summed E-state index contributed by atoms with van der Waals surface area (Å²) in [4.78, 5) is 37.0. The number of alkyl halides is 3. The molecule has 1 saturated heterocycles. The van der Waals surface area contributed by atoms with E-state index >= 15 is 0 Å². The Morgan fingerprint density at radius 1 is 1.07 bits per heavy atom. The molecule has 43 heavy (non-hydrogen) atoms. The molecular formula is C31H36F3N7O2. The molecule has 1 aliphatic rings. The third-order valence-electron chi connectivity index (χ3n) is 8.35. The Bertz CT molecular complexity index is 1690. The maximum atomic E-state index is 14.0. The highest BCUT2D eigenvalue weighted by atomic mass is 19.3. The molecule has 0 aromatic carbocycles. The Morgan fingerprint density at radius 2 is 1.77 bits per heavy atom. The zero-order chi connectivity index (χ0) is 31.0. The quantitative estimate of drug-likeness (QED) is 0.261. The molecule has 0 saturated carbocycles. The first-order valence-electron chi connectivity index (χ1n) is 14.2. The standard InChI is InChI=1S/C31H36F3N7O2/c1-17-13-26(42)24(19(3)38-17)16-37-31(43)23-14-25-22(21-5-6-27(35)36-15-21)7-8-41(25)28(18(23)2)20(4)39-9-11-40(12-10-39)30(34)29(32)33/h5-8,13-15,20,29-30H,9-12,16H2,1-4H3,(H2,35,36)(H,37,43)(H,38,42). The first-order chi connectivity index (χ1) is 20.5. The first-order valence-corrected chi connectivity index (χ1v) is 14.2. The molecule has 1 fully saturated rings. The van der Waals surface area contributed by atoms with Crippen molar-refractivity contribution >= 4 is 17.2 Å². The third kappa shape index (κ3) is 6.02. The van der Waals surface area contributed by atoms with Gasteiger partial charge in [-0.1, -0.05) is 0 Å². The topological polar surface area (TPSA) is 112 Å². The number of fused-ring (bicyclic) bond motifs is 1. The average Bonchev–Trinajstić information content (AvgIpc) is 3.39. The van der Waals surface area contributed by atoms with Gasteiger partial charge >= 0.3 is 0 Å². The number of halogens is 3. The van der Waals surface area contributed by atoms with Crippen LogP contribution in [0.15, 0.2) is 47.5 Å². The van der Waals surface area contributed by atoms with E-state index < -0.39 is 12.7 Å². The molecule has 5 heterocycles. The summed E-state index contributed by atoms with van der Waals surface area (Å²) in [6.07, 6.45) is -1.74. The van der Waals surface area contributed by atoms with Crippen molar-refractivity contribution in [2.75, 3.05) is 31.9 Å². The minimum atomic E-state index is -3.05. The number of H-pyrrole nitrogens is 1. The van der Waals surface area contributed by atoms with Crippen LogP contribution in [0.4, 0.5) is 19.0 Å². The van der Waals surface area contributed by atoms with E-state index in [4.69, 9.17) is 5.73 Å². The number of pyridine rings is 3. The number of nitrogens with one attached hydrogen (secondary N) is 2. The predicted molar refractivity (Wildman–Crippen MR) is 160 cm³/mol. The van der Waals surface area contributed by atoms with Crippen LogP contribution in [-0.4, -0.2) is 69.0 Å². The van der Waals surface area contributed by atoms with Gasteiger partial charge in [-0.25, -0.2) is 18.2 Å². The minimum absolute atomic E-state index is 0.0576. The molecule has 1 amide bonds. The molecule has 0 bridgehead atoms. The summed E-state index contributed by atoms with van der Waals surface area (Å²) in [5.41, 5.74) is 12.1. The summed E-state index contributed by atoms with van der Waals surface area (Å²) in [6, 6.07) is 8.63. The summed E-state index contributed by atoms with van der Waals surface area (Å²) in [5, 5.41) is 2.93. The van der Waals surface area contributed by atoms with Crippen LogP contribution in [0, 0.1) is 20.8 Å². The van der Waals surface area contributed by atoms with Crippen molar-refractivity contribution in [3.8, 4) is 11.1 Å². The second-order valence-corrected chi connectivity index (χ2v) is 11.1. The highest BCUT2D eigenvalue weighted by Crippen LogP contribution is 2.34. The fourth-order valence-corrected chi connectivity index (χ4v) is 5.99. The number of anilines is 1. The van der Waals surface area contributed by atoms with Crippen LogP contribution >= 0.6 is 0 Å². The number of nitrogens with two attached hydrogens (primary N) is 1. The number of hydrogen-bond donors (Lipinski definition) is 3. The van der Waals surface area contributed by atoms with E-state index in [1.807, 2.05) is 42.6 Å². The first kappa shape index (κ1) is 30.3. The fraction of sp³-hybridized carbons (Fsp3) is 0.387. The van der Waals surface area contributed by atoms with Crippen LogP contribution in [0.25, 0.3) is 16.6 Å². The average molecular weight is 596 g/mol. The van der Waals surface area contributed by atoms with E-state index in [1.165, 1.54) is 6.07 Å². The molecule has 228 valence electrons. The molecule has 2 unspecified atom stereocenters. The monoisotopic (exact) mass is 595 g/mol. The van der Waals surface area contributed by atoms with Gasteiger partial charge in [-0.15, -0.1) is 0 Å². The summed E-state index contributed by atoms with van der Waals surface area (Å²) in [7, 11) is 0. The lowest BCUT2D eigenvalue weighted by molar-refractivity contribution is -0.0688. The molecule has 4 aromatic rings. The van der Waals surface area contributed by atoms with Crippen molar-refractivity contribution < 1.29 is 18.0 Å². The van der Waals surface area contributed by atoms with Gasteiger partial charge in [0.1, 0.15) is 5.82 Å². The van der Waals surface area contributed by atoms with Gasteiger partial charge < -0.3 is 20.4 Å². The minimum Gasteiger partial charge on any atom is -0.384 e. The second-order valence-electron chi connectivity index (χ2n) is 11.1. The van der Waals surface area contributed by atoms with E-state index in [2.05, 4.69) is 20.2 Å². The normalized spacial score (nSPS) is 16.1. The van der Waals surface area contributed by atoms with Crippen LogP contribution in [0.2, 0.25) is 0 Å². The Labute approximate surface area is 247 Å². The largest absolute Gasteiger partial charge is 0.384 e. The molecule has 0 spiro atoms. The zero-order valence-corrected chi connectivity index (χ0v) is 24.6. The number of amides is 1. The van der Waals surface area contributed by atoms with Crippen molar-refractivity contribution in [2.45, 2.75) is 53.0 Å². The molecule has 5 rings (SSSR count). The van der Waals surface area contributed by atoms with Gasteiger partial charge in [0, 0.05) is 96.6 Å². The van der Waals surface area contributed by atoms with Crippen LogP contribution in [-0.2, 0) is 6.54 Å². The van der Waals surface area contributed by atoms with Crippen LogP contribution < -0.4 is 16.5 Å². The maximum absolute atomic E-state index is 14.0. The zero-order valence-electron chi connectivity index (χ0n) is 24.6. The molecular weight excluding hydrogens is 559 g/mol. The molecule has 4 aromatic heterocycles. The van der Waals surface area contributed by atoms with Gasteiger partial charge in [-0.3, -0.25) is 19.4 Å². The number of nitrogen functional groups attached to an aromatic ring is 1. The van der Waals surface area contributed by atoms with Crippen molar-refractivity contribution in [3.05, 3.63) is 86.7 Å². The number of hydrogen-bond acceptors (Lipinski definition) is 6. The number of nitrogens with zero attached hydrogens (tertiary/aromatic N) is 4. The molecule has 1 aliphatic heterocycles. The summed E-state index contributed by atoms with van der Waals surface area (Å²) < 4.78 is 42.0. The molecule has 9 nitrogen and oxygen atoms in total. The number of piperazine rings is 1. The fourth-order valence-electron chi connectivity index (χ4n) is 5.99. The molecule has 0 radical (unpaired) electrons. The number of aryl methyl sites for hydroxylation is 2. The van der Waals surface area contributed by atoms with Crippen LogP contribution in [0.5, 0.6) is 0 Å². The van der Waals surface area contributed by atoms with E-state index in [9.17, 15) is 22.8 Å². The third-order valence-corrected chi connectivity index (χ3v) is 8.35. The Kier molecular flexibility index (Phi) is 8.61. The molecule has 4 N–H and O–H groups in total. The highest BCUT2D eigenvalue weighted by molar-refractivity contribution is 5.98. The van der Waals surface area contributed by atoms with Gasteiger partial charge in [0.15, 0.2) is 5.43 Å². The number of rotatable bonds is 8. The Balaban J connectivity index is 1.53. The second kappa shape index (κ2) is 12.2. The summed E-state index contributed by atoms with van der Waals surface area (Å²) in [5.74, 6) is 0.0535. The van der Waals surface area contributed by atoms with E-state index in [0.29, 0.717) is 35.7 Å². The summed E-state index contributed by atoms with van der Waals surface area (Å²) >= 11 is 0. The lowest BCUT2D eigenvalue weighted by Gasteiger charge is -2.39. The van der Waals surface area contributed by atoms with E-state index in [1.54, 1.807) is 26.1 Å². The van der Waals surface area contributed by atoms with Gasteiger partial charge in [-0.05, 0) is 57.5 Å². The Hall–Kier alpha value is -4.16. The number of aromatic nitrogens is 3. The van der Waals surface area contributed by atoms with Gasteiger partial charge in [-0.2, -0.15) is 0 Å². The molecule has 12 heteroatoms. The maximum Gasteiger partial charge on any atom is 0.282 e. The van der Waals surface area contributed by atoms with Crippen molar-refractivity contribution in [1.29, 1.82) is 0 Å². The van der Waals surface area contributed by atoms with Crippen LogP contribution in [0.1, 0.15) is 51.5 Å². The van der Waals surface area contributed by atoms with Gasteiger partial charge in [0.25, 0.3) is 12.3 Å². The summed E-state index contributed by atoms with van der Waals surface area (Å²) in [6.45, 7) is 8.63. The number of carbonyl (C=O) groups is 1. The van der Waals surface area contributed by atoms with E-state index in [0.717, 1.165) is 38.5 Å². The predicted octanol–water partition coefficient (Wildman–Crippen LogP) is 4.37. The van der Waals surface area contributed by atoms with Gasteiger partial charge in [0.05, 0.1) is 5.52 Å². The molecule has 2 atom stereocenters. The smallest absolute Gasteiger partial charge is 0.282 e. The SMILES string of the molecule is Cc1cc(=O)c(CNC(=O)c2cc3c(-c4ccc(N)nc4)ccn3c(C(C)N3CCN(C(F)C(F)F)CC3)c2C)c(C)[nH]1. The van der Waals surface area contributed by atoms with Gasteiger partial charge in [0.2, 0.25) is 6.30 Å². The number of aromatic amines is 1. The van der Waals surface area contributed by atoms with Crippen molar-refractivity contribution in [2.24, 2.45) is 0 Å². The highest BCUT2D eigenvalue weighted by Gasteiger charge is 2.33. The van der Waals surface area contributed by atoms with E-state index in [-0.39, 0.29) is 37.0 Å². The molecule has 0 aliphatic carbocycles. The van der Waals surface area contributed by atoms with Crippen molar-refractivity contribution in [3.63, 3.8) is 0 Å². The Morgan fingerprint density at radius 3 is 2.40 bits per heavy atom. The van der Waals surface area contributed by atoms with Crippen molar-refractivity contribution in [1.82, 2.24) is 29.5 Å². The lowest BCUT2D eigenvalue weighted by atomic mass is 9.99. The lowest BCUT2D eigenvalue weighted by Crippen LogP contribution is -2.51. The number of carbonyl (C=O) groups excluding carboxylic acids is 1. The van der Waals surface area contributed by atoms with Crippen LogP contribution in [0.3, 0.4) is 0 Å².